The Morgan fingerprint density at radius 2 is 1.59 bits per heavy atom. The van der Waals surface area contributed by atoms with Crippen LogP contribution in [0.5, 0.6) is 0 Å². The molecule has 1 saturated heterocycles. The zero-order valence-electron chi connectivity index (χ0n) is 17.1. The molecule has 29 heavy (non-hydrogen) atoms. The molecule has 154 valence electrons. The number of rotatable bonds is 3. The molecule has 0 unspecified atom stereocenters. The molecule has 1 aliphatic heterocycles. The lowest BCUT2D eigenvalue weighted by molar-refractivity contribution is 0.0573. The van der Waals surface area contributed by atoms with Crippen LogP contribution in [-0.2, 0) is 0 Å². The van der Waals surface area contributed by atoms with Gasteiger partial charge in [0.05, 0.1) is 11.0 Å². The monoisotopic (exact) mass is 394 g/mol. The number of piperazine rings is 1. The van der Waals surface area contributed by atoms with Gasteiger partial charge in [0.25, 0.3) is 5.91 Å². The van der Waals surface area contributed by atoms with Crippen molar-refractivity contribution in [2.45, 2.75) is 57.4 Å². The average Bonchev–Trinajstić information content (AvgIpc) is 3.54. The lowest BCUT2D eigenvalue weighted by Crippen LogP contribution is -2.51. The molecule has 3 aliphatic rings. The van der Waals surface area contributed by atoms with Crippen LogP contribution in [0.25, 0.3) is 11.0 Å². The van der Waals surface area contributed by atoms with E-state index in [-0.39, 0.29) is 17.7 Å². The van der Waals surface area contributed by atoms with Crippen molar-refractivity contribution in [2.75, 3.05) is 26.2 Å². The summed E-state index contributed by atoms with van der Waals surface area (Å²) in [5.41, 5.74) is 2.21. The first-order valence-electron chi connectivity index (χ1n) is 11.3. The third-order valence-corrected chi connectivity index (χ3v) is 7.18. The average molecular weight is 395 g/mol. The molecule has 1 aromatic carbocycles. The number of carbonyl (C=O) groups is 2. The zero-order chi connectivity index (χ0) is 19.8. The maximum atomic E-state index is 13.0. The van der Waals surface area contributed by atoms with Crippen molar-refractivity contribution in [1.29, 1.82) is 0 Å². The Balaban J connectivity index is 1.28. The van der Waals surface area contributed by atoms with Gasteiger partial charge in [0.1, 0.15) is 6.33 Å². The predicted octanol–water partition coefficient (Wildman–Crippen LogP) is 3.57. The van der Waals surface area contributed by atoms with E-state index >= 15 is 0 Å². The lowest BCUT2D eigenvalue weighted by Gasteiger charge is -2.38. The molecule has 0 N–H and O–H groups in total. The second-order valence-corrected chi connectivity index (χ2v) is 8.90. The van der Waals surface area contributed by atoms with E-state index in [0.29, 0.717) is 5.56 Å². The van der Waals surface area contributed by atoms with Crippen LogP contribution in [0.4, 0.5) is 0 Å². The highest BCUT2D eigenvalue weighted by Crippen LogP contribution is 2.28. The number of carbonyl (C=O) groups excluding carboxylic acids is 2. The van der Waals surface area contributed by atoms with Crippen molar-refractivity contribution in [3.05, 3.63) is 30.1 Å². The van der Waals surface area contributed by atoms with Crippen molar-refractivity contribution in [3.8, 4) is 0 Å². The van der Waals surface area contributed by atoms with Gasteiger partial charge >= 0.3 is 0 Å². The van der Waals surface area contributed by atoms with Crippen molar-refractivity contribution in [1.82, 2.24) is 19.4 Å². The number of hydrogen-bond acceptors (Lipinski definition) is 4. The molecular weight excluding hydrogens is 364 g/mol. The molecule has 1 amide bonds. The fourth-order valence-electron chi connectivity index (χ4n) is 5.43. The van der Waals surface area contributed by atoms with Gasteiger partial charge in [-0.1, -0.05) is 25.7 Å². The molecule has 6 nitrogen and oxygen atoms in total. The van der Waals surface area contributed by atoms with Gasteiger partial charge in [0.15, 0.2) is 0 Å². The SMILES string of the molecule is O=C(c1ccc2c(c1)ncn2C(=O)C1CCCC1)N1CCN(C2CCCC2)CC1. The highest BCUT2D eigenvalue weighted by Gasteiger charge is 2.29. The minimum atomic E-state index is 0.0784. The number of benzene rings is 1. The van der Waals surface area contributed by atoms with Crippen molar-refractivity contribution < 1.29 is 9.59 Å². The van der Waals surface area contributed by atoms with E-state index in [9.17, 15) is 9.59 Å². The van der Waals surface area contributed by atoms with Gasteiger partial charge in [0, 0.05) is 43.7 Å². The summed E-state index contributed by atoms with van der Waals surface area (Å²) >= 11 is 0. The minimum absolute atomic E-state index is 0.0784. The van der Waals surface area contributed by atoms with E-state index < -0.39 is 0 Å². The number of amides is 1. The first kappa shape index (κ1) is 18.8. The minimum Gasteiger partial charge on any atom is -0.336 e. The van der Waals surface area contributed by atoms with Gasteiger partial charge in [-0.05, 0) is 43.9 Å². The third kappa shape index (κ3) is 3.59. The van der Waals surface area contributed by atoms with E-state index in [1.807, 2.05) is 23.1 Å². The highest BCUT2D eigenvalue weighted by atomic mass is 16.2. The summed E-state index contributed by atoms with van der Waals surface area (Å²) in [4.78, 5) is 34.8. The fourth-order valence-corrected chi connectivity index (χ4v) is 5.43. The van der Waals surface area contributed by atoms with Crippen molar-refractivity contribution in [2.24, 2.45) is 5.92 Å². The first-order valence-corrected chi connectivity index (χ1v) is 11.3. The molecule has 2 aliphatic carbocycles. The summed E-state index contributed by atoms with van der Waals surface area (Å²) in [6, 6.07) is 6.31. The number of fused-ring (bicyclic) bond motifs is 1. The summed E-state index contributed by atoms with van der Waals surface area (Å²) in [5.74, 6) is 0.339. The second kappa shape index (κ2) is 7.90. The molecule has 0 spiro atoms. The summed E-state index contributed by atoms with van der Waals surface area (Å²) in [6.07, 6.45) is 11.2. The van der Waals surface area contributed by atoms with Gasteiger partial charge < -0.3 is 4.90 Å². The van der Waals surface area contributed by atoms with Crippen LogP contribution in [0, 0.1) is 5.92 Å². The number of aromatic nitrogens is 2. The Morgan fingerprint density at radius 1 is 0.897 bits per heavy atom. The molecule has 0 bridgehead atoms. The van der Waals surface area contributed by atoms with Gasteiger partial charge in [-0.3, -0.25) is 19.1 Å². The molecule has 2 heterocycles. The first-order chi connectivity index (χ1) is 14.2. The highest BCUT2D eigenvalue weighted by molar-refractivity contribution is 5.99. The van der Waals surface area contributed by atoms with E-state index in [1.165, 1.54) is 25.7 Å². The molecule has 5 rings (SSSR count). The maximum Gasteiger partial charge on any atom is 0.254 e. The maximum absolute atomic E-state index is 13.0. The van der Waals surface area contributed by atoms with E-state index in [1.54, 1.807) is 10.9 Å². The van der Waals surface area contributed by atoms with Gasteiger partial charge in [-0.2, -0.15) is 0 Å². The van der Waals surface area contributed by atoms with E-state index in [2.05, 4.69) is 9.88 Å². The molecule has 0 atom stereocenters. The van der Waals surface area contributed by atoms with E-state index in [0.717, 1.165) is 68.9 Å². The molecule has 1 aromatic heterocycles. The van der Waals surface area contributed by atoms with Gasteiger partial charge in [-0.25, -0.2) is 4.98 Å². The molecule has 0 radical (unpaired) electrons. The smallest absolute Gasteiger partial charge is 0.254 e. The Morgan fingerprint density at radius 3 is 2.31 bits per heavy atom. The van der Waals surface area contributed by atoms with Crippen LogP contribution >= 0.6 is 0 Å². The van der Waals surface area contributed by atoms with Crippen LogP contribution in [0.15, 0.2) is 24.5 Å². The summed E-state index contributed by atoms with van der Waals surface area (Å²) in [7, 11) is 0. The molecular formula is C23H30N4O2. The van der Waals surface area contributed by atoms with Gasteiger partial charge in [-0.15, -0.1) is 0 Å². The van der Waals surface area contributed by atoms with Crippen molar-refractivity contribution in [3.63, 3.8) is 0 Å². The Hall–Kier alpha value is -2.21. The van der Waals surface area contributed by atoms with Crippen molar-refractivity contribution >= 4 is 22.8 Å². The quantitative estimate of drug-likeness (QED) is 0.799. The number of nitrogens with zero attached hydrogens (tertiary/aromatic N) is 4. The largest absolute Gasteiger partial charge is 0.336 e. The summed E-state index contributed by atoms with van der Waals surface area (Å²) in [5, 5.41) is 0. The Labute approximate surface area is 171 Å². The van der Waals surface area contributed by atoms with Crippen LogP contribution in [0.3, 0.4) is 0 Å². The van der Waals surface area contributed by atoms with Crippen LogP contribution < -0.4 is 0 Å². The second-order valence-electron chi connectivity index (χ2n) is 8.90. The van der Waals surface area contributed by atoms with Crippen LogP contribution in [0.1, 0.15) is 66.5 Å². The zero-order valence-corrected chi connectivity index (χ0v) is 17.1. The third-order valence-electron chi connectivity index (χ3n) is 7.18. The Kier molecular flexibility index (Phi) is 5.12. The number of hydrogen-bond donors (Lipinski definition) is 0. The van der Waals surface area contributed by atoms with E-state index in [4.69, 9.17) is 0 Å². The van der Waals surface area contributed by atoms with Gasteiger partial charge in [0.2, 0.25) is 5.91 Å². The standard InChI is InChI=1S/C23H30N4O2/c28-22(26-13-11-25(12-14-26)19-7-3-4-8-19)18-9-10-21-20(15-18)24-16-27(21)23(29)17-5-1-2-6-17/h9-10,15-17,19H,1-8,11-14H2. The summed E-state index contributed by atoms with van der Waals surface area (Å²) < 4.78 is 1.68. The molecule has 2 aromatic rings. The van der Waals surface area contributed by atoms with Crippen LogP contribution in [0.2, 0.25) is 0 Å². The van der Waals surface area contributed by atoms with Crippen LogP contribution in [-0.4, -0.2) is 63.4 Å². The fraction of sp³-hybridized carbons (Fsp3) is 0.609. The Bertz CT molecular complexity index is 901. The predicted molar refractivity (Wildman–Crippen MR) is 112 cm³/mol. The molecule has 3 fully saturated rings. The molecule has 6 heteroatoms. The molecule has 2 saturated carbocycles. The number of imidazole rings is 1. The summed E-state index contributed by atoms with van der Waals surface area (Å²) in [6.45, 7) is 3.54. The topological polar surface area (TPSA) is 58.4 Å². The normalized spacial score (nSPS) is 22.0. The lowest BCUT2D eigenvalue weighted by atomic mass is 10.1.